The summed E-state index contributed by atoms with van der Waals surface area (Å²) in [6, 6.07) is 5.57. The zero-order valence-electron chi connectivity index (χ0n) is 9.82. The van der Waals surface area contributed by atoms with E-state index in [1.165, 1.54) is 0 Å². The van der Waals surface area contributed by atoms with E-state index in [1.54, 1.807) is 0 Å². The van der Waals surface area contributed by atoms with Crippen molar-refractivity contribution in [3.05, 3.63) is 29.3 Å². The lowest BCUT2D eigenvalue weighted by Crippen LogP contribution is -2.19. The fraction of sp³-hybridized carbons (Fsp3) is 0.500. The van der Waals surface area contributed by atoms with E-state index in [4.69, 9.17) is 10.2 Å². The Morgan fingerprint density at radius 3 is 1.76 bits per heavy atom. The highest BCUT2D eigenvalue weighted by molar-refractivity contribution is 5.40. The lowest BCUT2D eigenvalue weighted by atomic mass is 10.1. The van der Waals surface area contributed by atoms with Gasteiger partial charge in [0.15, 0.2) is 0 Å². The molecule has 0 unspecified atom stereocenters. The third kappa shape index (κ3) is 4.70. The van der Waals surface area contributed by atoms with Crippen molar-refractivity contribution in [2.24, 2.45) is 0 Å². The van der Waals surface area contributed by atoms with Crippen molar-refractivity contribution in [3.63, 3.8) is 0 Å². The first-order valence-corrected chi connectivity index (χ1v) is 5.72. The molecular weight excluding hydrogens is 220 g/mol. The second kappa shape index (κ2) is 8.03. The molecule has 96 valence electrons. The van der Waals surface area contributed by atoms with Crippen LogP contribution >= 0.6 is 0 Å². The fourth-order valence-corrected chi connectivity index (χ4v) is 1.53. The minimum atomic E-state index is 0.0819. The average Bonchev–Trinajstić information content (AvgIpc) is 2.34. The van der Waals surface area contributed by atoms with E-state index < -0.39 is 0 Å². The van der Waals surface area contributed by atoms with Gasteiger partial charge in [0.25, 0.3) is 0 Å². The van der Waals surface area contributed by atoms with Crippen molar-refractivity contribution in [1.82, 2.24) is 10.6 Å². The standard InChI is InChI=1S/C12H20N2O3/c15-6-4-13-8-10-2-1-3-11(12(10)17)9-14-5-7-16/h1-3,13-17H,4-9H2. The van der Waals surface area contributed by atoms with Crippen LogP contribution in [0.1, 0.15) is 11.1 Å². The molecule has 0 aliphatic carbocycles. The highest BCUT2D eigenvalue weighted by atomic mass is 16.3. The molecule has 0 heterocycles. The normalized spacial score (nSPS) is 10.7. The van der Waals surface area contributed by atoms with Crippen LogP contribution in [0.2, 0.25) is 0 Å². The molecule has 0 aliphatic heterocycles. The summed E-state index contributed by atoms with van der Waals surface area (Å²) in [6.07, 6.45) is 0. The number of benzene rings is 1. The quantitative estimate of drug-likeness (QED) is 0.398. The summed E-state index contributed by atoms with van der Waals surface area (Å²) in [4.78, 5) is 0. The van der Waals surface area contributed by atoms with Gasteiger partial charge in [0.2, 0.25) is 0 Å². The van der Waals surface area contributed by atoms with E-state index in [0.29, 0.717) is 26.2 Å². The van der Waals surface area contributed by atoms with Gasteiger partial charge in [0.05, 0.1) is 13.2 Å². The molecule has 17 heavy (non-hydrogen) atoms. The van der Waals surface area contributed by atoms with Crippen LogP contribution in [0.4, 0.5) is 0 Å². The summed E-state index contributed by atoms with van der Waals surface area (Å²) >= 11 is 0. The van der Waals surface area contributed by atoms with Crippen molar-refractivity contribution in [2.75, 3.05) is 26.3 Å². The molecule has 1 rings (SSSR count). The Hall–Kier alpha value is -1.14. The van der Waals surface area contributed by atoms with Crippen molar-refractivity contribution < 1.29 is 15.3 Å². The first-order chi connectivity index (χ1) is 8.29. The zero-order valence-corrected chi connectivity index (χ0v) is 9.82. The van der Waals surface area contributed by atoms with Crippen LogP contribution in [0.3, 0.4) is 0 Å². The number of hydrogen-bond acceptors (Lipinski definition) is 5. The molecule has 5 heteroatoms. The van der Waals surface area contributed by atoms with Crippen LogP contribution in [0.15, 0.2) is 18.2 Å². The molecule has 5 N–H and O–H groups in total. The number of phenolic OH excluding ortho intramolecular Hbond substituents is 1. The predicted molar refractivity (Wildman–Crippen MR) is 65.7 cm³/mol. The molecule has 5 nitrogen and oxygen atoms in total. The Labute approximate surface area is 101 Å². The number of hydrogen-bond donors (Lipinski definition) is 5. The van der Waals surface area contributed by atoms with E-state index in [-0.39, 0.29) is 19.0 Å². The van der Waals surface area contributed by atoms with Crippen molar-refractivity contribution in [2.45, 2.75) is 13.1 Å². The maximum atomic E-state index is 9.98. The van der Waals surface area contributed by atoms with Gasteiger partial charge >= 0.3 is 0 Å². The number of aliphatic hydroxyl groups excluding tert-OH is 2. The fourth-order valence-electron chi connectivity index (χ4n) is 1.53. The average molecular weight is 240 g/mol. The van der Waals surface area contributed by atoms with Crippen LogP contribution < -0.4 is 10.6 Å². The molecule has 0 aromatic heterocycles. The molecule has 0 saturated carbocycles. The van der Waals surface area contributed by atoms with E-state index >= 15 is 0 Å². The number of rotatable bonds is 8. The second-order valence-corrected chi connectivity index (χ2v) is 3.73. The summed E-state index contributed by atoms with van der Waals surface area (Å²) in [6.45, 7) is 2.23. The van der Waals surface area contributed by atoms with Crippen LogP contribution in [0, 0.1) is 0 Å². The number of aromatic hydroxyl groups is 1. The molecule has 1 aromatic rings. The highest BCUT2D eigenvalue weighted by Gasteiger charge is 2.05. The van der Waals surface area contributed by atoms with Crippen molar-refractivity contribution >= 4 is 0 Å². The lowest BCUT2D eigenvalue weighted by Gasteiger charge is -2.10. The van der Waals surface area contributed by atoms with Crippen LogP contribution in [0.5, 0.6) is 5.75 Å². The van der Waals surface area contributed by atoms with Gasteiger partial charge in [-0.2, -0.15) is 0 Å². The van der Waals surface area contributed by atoms with Gasteiger partial charge in [-0.1, -0.05) is 18.2 Å². The number of nitrogens with one attached hydrogen (secondary N) is 2. The first-order valence-electron chi connectivity index (χ1n) is 5.72. The van der Waals surface area contributed by atoms with Crippen LogP contribution in [0.25, 0.3) is 0 Å². The van der Waals surface area contributed by atoms with Gasteiger partial charge in [-0.3, -0.25) is 0 Å². The molecule has 0 radical (unpaired) electrons. The molecule has 0 atom stereocenters. The molecule has 0 spiro atoms. The highest BCUT2D eigenvalue weighted by Crippen LogP contribution is 2.22. The summed E-state index contributed by atoms with van der Waals surface area (Å²) in [5.74, 6) is 0.267. The predicted octanol–water partition coefficient (Wildman–Crippen LogP) is -0.444. The van der Waals surface area contributed by atoms with Gasteiger partial charge in [-0.25, -0.2) is 0 Å². The maximum Gasteiger partial charge on any atom is 0.124 e. The summed E-state index contributed by atoms with van der Waals surface area (Å²) in [7, 11) is 0. The number of para-hydroxylation sites is 1. The minimum Gasteiger partial charge on any atom is -0.507 e. The van der Waals surface area contributed by atoms with Crippen LogP contribution in [-0.2, 0) is 13.1 Å². The molecule has 0 aliphatic rings. The Morgan fingerprint density at radius 1 is 0.882 bits per heavy atom. The minimum absolute atomic E-state index is 0.0819. The monoisotopic (exact) mass is 240 g/mol. The Bertz CT molecular complexity index is 303. The van der Waals surface area contributed by atoms with E-state index in [2.05, 4.69) is 10.6 Å². The lowest BCUT2D eigenvalue weighted by molar-refractivity contribution is 0.291. The first kappa shape index (κ1) is 13.9. The van der Waals surface area contributed by atoms with E-state index in [9.17, 15) is 5.11 Å². The van der Waals surface area contributed by atoms with Gasteiger partial charge < -0.3 is 26.0 Å². The molecule has 0 fully saturated rings. The van der Waals surface area contributed by atoms with Crippen LogP contribution in [-0.4, -0.2) is 41.6 Å². The second-order valence-electron chi connectivity index (χ2n) is 3.73. The summed E-state index contributed by atoms with van der Waals surface area (Å²) in [5.41, 5.74) is 1.61. The van der Waals surface area contributed by atoms with Gasteiger partial charge in [0, 0.05) is 37.3 Å². The smallest absolute Gasteiger partial charge is 0.124 e. The molecule has 0 amide bonds. The Kier molecular flexibility index (Phi) is 6.57. The summed E-state index contributed by atoms with van der Waals surface area (Å²) in [5, 5.41) is 33.3. The Morgan fingerprint density at radius 2 is 1.35 bits per heavy atom. The molecule has 1 aromatic carbocycles. The summed E-state index contributed by atoms with van der Waals surface area (Å²) < 4.78 is 0. The third-order valence-electron chi connectivity index (χ3n) is 2.41. The SMILES string of the molecule is OCCNCc1cccc(CNCCO)c1O. The van der Waals surface area contributed by atoms with E-state index in [0.717, 1.165) is 11.1 Å². The zero-order chi connectivity index (χ0) is 12.5. The van der Waals surface area contributed by atoms with Gasteiger partial charge in [-0.05, 0) is 0 Å². The largest absolute Gasteiger partial charge is 0.507 e. The van der Waals surface area contributed by atoms with E-state index in [1.807, 2.05) is 18.2 Å². The Balaban J connectivity index is 2.56. The molecule has 0 bridgehead atoms. The maximum absolute atomic E-state index is 9.98. The van der Waals surface area contributed by atoms with Crippen molar-refractivity contribution in [1.29, 1.82) is 0 Å². The van der Waals surface area contributed by atoms with Crippen molar-refractivity contribution in [3.8, 4) is 5.75 Å². The van der Waals surface area contributed by atoms with Gasteiger partial charge in [-0.15, -0.1) is 0 Å². The van der Waals surface area contributed by atoms with Gasteiger partial charge in [0.1, 0.15) is 5.75 Å². The topological polar surface area (TPSA) is 84.8 Å². The number of aliphatic hydroxyl groups is 2. The third-order valence-corrected chi connectivity index (χ3v) is 2.41. The number of phenols is 1. The molecule has 0 saturated heterocycles. The molecular formula is C12H20N2O3.